The van der Waals surface area contributed by atoms with Crippen molar-refractivity contribution in [1.29, 1.82) is 0 Å². The first-order valence-electron chi connectivity index (χ1n) is 5.70. The SMILES string of the molecule is COc1ccccc1C(=O)N(C)CCC(C)N. The molecule has 0 radical (unpaired) electrons. The molecule has 4 heteroatoms. The number of carbonyl (C=O) groups excluding carboxylic acids is 1. The van der Waals surface area contributed by atoms with E-state index in [1.54, 1.807) is 31.2 Å². The number of methoxy groups -OCH3 is 1. The molecule has 0 heterocycles. The first kappa shape index (κ1) is 13.5. The lowest BCUT2D eigenvalue weighted by Crippen LogP contribution is -2.31. The predicted molar refractivity (Wildman–Crippen MR) is 68.2 cm³/mol. The summed E-state index contributed by atoms with van der Waals surface area (Å²) in [5.74, 6) is 0.563. The minimum absolute atomic E-state index is 0.0388. The highest BCUT2D eigenvalue weighted by Crippen LogP contribution is 2.18. The molecule has 0 aliphatic heterocycles. The minimum Gasteiger partial charge on any atom is -0.496 e. The van der Waals surface area contributed by atoms with Crippen molar-refractivity contribution >= 4 is 5.91 Å². The van der Waals surface area contributed by atoms with Crippen molar-refractivity contribution in [2.75, 3.05) is 20.7 Å². The second kappa shape index (κ2) is 6.25. The molecule has 94 valence electrons. The molecule has 0 fully saturated rings. The minimum atomic E-state index is -0.0388. The Morgan fingerprint density at radius 3 is 2.71 bits per heavy atom. The summed E-state index contributed by atoms with van der Waals surface area (Å²) in [5.41, 5.74) is 6.26. The van der Waals surface area contributed by atoms with Crippen molar-refractivity contribution in [3.8, 4) is 5.75 Å². The summed E-state index contributed by atoms with van der Waals surface area (Å²) in [6.07, 6.45) is 0.789. The van der Waals surface area contributed by atoms with Gasteiger partial charge in [-0.25, -0.2) is 0 Å². The molecule has 0 aromatic heterocycles. The first-order chi connectivity index (χ1) is 8.06. The Labute approximate surface area is 102 Å². The van der Waals surface area contributed by atoms with Crippen molar-refractivity contribution in [1.82, 2.24) is 4.90 Å². The lowest BCUT2D eigenvalue weighted by atomic mass is 10.1. The van der Waals surface area contributed by atoms with Crippen molar-refractivity contribution in [3.05, 3.63) is 29.8 Å². The third-order valence-electron chi connectivity index (χ3n) is 2.60. The van der Waals surface area contributed by atoms with Gasteiger partial charge in [0.25, 0.3) is 5.91 Å². The molecule has 0 saturated heterocycles. The van der Waals surface area contributed by atoms with Gasteiger partial charge in [-0.15, -0.1) is 0 Å². The zero-order valence-electron chi connectivity index (χ0n) is 10.6. The van der Waals surface area contributed by atoms with Gasteiger partial charge in [-0.3, -0.25) is 4.79 Å². The number of hydrogen-bond acceptors (Lipinski definition) is 3. The van der Waals surface area contributed by atoms with E-state index in [0.717, 1.165) is 6.42 Å². The second-order valence-corrected chi connectivity index (χ2v) is 4.19. The van der Waals surface area contributed by atoms with Gasteiger partial charge >= 0.3 is 0 Å². The molecule has 0 aliphatic rings. The molecule has 1 unspecified atom stereocenters. The zero-order valence-corrected chi connectivity index (χ0v) is 10.6. The van der Waals surface area contributed by atoms with E-state index in [-0.39, 0.29) is 11.9 Å². The average Bonchev–Trinajstić information content (AvgIpc) is 2.34. The van der Waals surface area contributed by atoms with Crippen LogP contribution in [0.1, 0.15) is 23.7 Å². The van der Waals surface area contributed by atoms with Gasteiger partial charge in [0.1, 0.15) is 5.75 Å². The molecular formula is C13H20N2O2. The quantitative estimate of drug-likeness (QED) is 0.843. The Morgan fingerprint density at radius 2 is 2.12 bits per heavy atom. The highest BCUT2D eigenvalue weighted by atomic mass is 16.5. The third kappa shape index (κ3) is 3.75. The van der Waals surface area contributed by atoms with Gasteiger partial charge in [0.15, 0.2) is 0 Å². The van der Waals surface area contributed by atoms with Gasteiger partial charge in [0, 0.05) is 19.6 Å². The number of benzene rings is 1. The summed E-state index contributed by atoms with van der Waals surface area (Å²) in [6, 6.07) is 7.33. The number of ether oxygens (including phenoxy) is 1. The van der Waals surface area contributed by atoms with Crippen LogP contribution in [0.5, 0.6) is 5.75 Å². The highest BCUT2D eigenvalue weighted by molar-refractivity contribution is 5.96. The van der Waals surface area contributed by atoms with E-state index >= 15 is 0 Å². The number of carbonyl (C=O) groups is 1. The van der Waals surface area contributed by atoms with Gasteiger partial charge in [0.05, 0.1) is 12.7 Å². The largest absolute Gasteiger partial charge is 0.496 e. The molecule has 1 aromatic rings. The molecule has 0 bridgehead atoms. The molecular weight excluding hydrogens is 216 g/mol. The lowest BCUT2D eigenvalue weighted by molar-refractivity contribution is 0.0788. The summed E-state index contributed by atoms with van der Waals surface area (Å²) < 4.78 is 5.17. The van der Waals surface area contributed by atoms with Crippen LogP contribution >= 0.6 is 0 Å². The topological polar surface area (TPSA) is 55.6 Å². The summed E-state index contributed by atoms with van der Waals surface area (Å²) >= 11 is 0. The molecule has 4 nitrogen and oxygen atoms in total. The number of hydrogen-bond donors (Lipinski definition) is 1. The zero-order chi connectivity index (χ0) is 12.8. The molecule has 1 atom stereocenters. The summed E-state index contributed by atoms with van der Waals surface area (Å²) in [7, 11) is 3.34. The molecule has 1 rings (SSSR count). The van der Waals surface area contributed by atoms with Crippen molar-refractivity contribution < 1.29 is 9.53 Å². The van der Waals surface area contributed by atoms with E-state index in [9.17, 15) is 4.79 Å². The van der Waals surface area contributed by atoms with Crippen LogP contribution in [0.25, 0.3) is 0 Å². The number of amides is 1. The van der Waals surface area contributed by atoms with Crippen LogP contribution in [-0.2, 0) is 0 Å². The van der Waals surface area contributed by atoms with Gasteiger partial charge in [-0.2, -0.15) is 0 Å². The molecule has 1 aromatic carbocycles. The standard InChI is InChI=1S/C13H20N2O2/c1-10(14)8-9-15(2)13(16)11-6-4-5-7-12(11)17-3/h4-7,10H,8-9,14H2,1-3H3. The second-order valence-electron chi connectivity index (χ2n) is 4.19. The van der Waals surface area contributed by atoms with Crippen molar-refractivity contribution in [2.24, 2.45) is 5.73 Å². The fourth-order valence-corrected chi connectivity index (χ4v) is 1.53. The smallest absolute Gasteiger partial charge is 0.257 e. The summed E-state index contributed by atoms with van der Waals surface area (Å²) in [6.45, 7) is 2.58. The van der Waals surface area contributed by atoms with Crippen LogP contribution in [0.2, 0.25) is 0 Å². The van der Waals surface area contributed by atoms with Crippen molar-refractivity contribution in [3.63, 3.8) is 0 Å². The summed E-state index contributed by atoms with van der Waals surface area (Å²) in [5, 5.41) is 0. The number of rotatable bonds is 5. The molecule has 17 heavy (non-hydrogen) atoms. The maximum absolute atomic E-state index is 12.1. The van der Waals surface area contributed by atoms with E-state index < -0.39 is 0 Å². The van der Waals surface area contributed by atoms with Crippen LogP contribution in [0, 0.1) is 0 Å². The van der Waals surface area contributed by atoms with Crippen LogP contribution in [0.3, 0.4) is 0 Å². The molecule has 1 amide bonds. The first-order valence-corrected chi connectivity index (χ1v) is 5.70. The van der Waals surface area contributed by atoms with E-state index in [2.05, 4.69) is 0 Å². The maximum Gasteiger partial charge on any atom is 0.257 e. The van der Waals surface area contributed by atoms with Gasteiger partial charge in [-0.1, -0.05) is 12.1 Å². The number of nitrogens with two attached hydrogens (primary N) is 1. The molecule has 0 aliphatic carbocycles. The van der Waals surface area contributed by atoms with Crippen LogP contribution in [-0.4, -0.2) is 37.6 Å². The number of para-hydroxylation sites is 1. The molecule has 0 saturated carbocycles. The lowest BCUT2D eigenvalue weighted by Gasteiger charge is -2.19. The van der Waals surface area contributed by atoms with Gasteiger partial charge < -0.3 is 15.4 Å². The fraction of sp³-hybridized carbons (Fsp3) is 0.462. The van der Waals surface area contributed by atoms with E-state index in [0.29, 0.717) is 17.9 Å². The monoisotopic (exact) mass is 236 g/mol. The Bertz CT molecular complexity index is 377. The third-order valence-corrected chi connectivity index (χ3v) is 2.60. The Balaban J connectivity index is 2.74. The molecule has 2 N–H and O–H groups in total. The summed E-state index contributed by atoms with van der Waals surface area (Å²) in [4.78, 5) is 13.8. The van der Waals surface area contributed by atoms with Crippen LogP contribution in [0.15, 0.2) is 24.3 Å². The molecule has 0 spiro atoms. The van der Waals surface area contributed by atoms with Gasteiger partial charge in [-0.05, 0) is 25.5 Å². The predicted octanol–water partition coefficient (Wildman–Crippen LogP) is 1.50. The Kier molecular flexibility index (Phi) is 4.97. The van der Waals surface area contributed by atoms with Crippen LogP contribution < -0.4 is 10.5 Å². The van der Waals surface area contributed by atoms with Gasteiger partial charge in [0.2, 0.25) is 0 Å². The van der Waals surface area contributed by atoms with E-state index in [4.69, 9.17) is 10.5 Å². The van der Waals surface area contributed by atoms with Crippen LogP contribution in [0.4, 0.5) is 0 Å². The highest BCUT2D eigenvalue weighted by Gasteiger charge is 2.15. The van der Waals surface area contributed by atoms with E-state index in [1.807, 2.05) is 19.1 Å². The fourth-order valence-electron chi connectivity index (χ4n) is 1.53. The normalized spacial score (nSPS) is 12.0. The maximum atomic E-state index is 12.1. The average molecular weight is 236 g/mol. The number of nitrogens with zero attached hydrogens (tertiary/aromatic N) is 1. The Hall–Kier alpha value is -1.55. The van der Waals surface area contributed by atoms with Crippen molar-refractivity contribution in [2.45, 2.75) is 19.4 Å². The van der Waals surface area contributed by atoms with E-state index in [1.165, 1.54) is 0 Å². The Morgan fingerprint density at radius 1 is 1.47 bits per heavy atom.